The van der Waals surface area contributed by atoms with E-state index in [0.717, 1.165) is 10.6 Å². The summed E-state index contributed by atoms with van der Waals surface area (Å²) in [5.74, 6) is 1.74. The van der Waals surface area contributed by atoms with Crippen molar-refractivity contribution < 1.29 is 19.0 Å². The molecule has 1 N–H and O–H groups in total. The molecule has 0 radical (unpaired) electrons. The second-order valence-electron chi connectivity index (χ2n) is 6.22. The van der Waals surface area contributed by atoms with Crippen LogP contribution in [0.2, 0.25) is 5.02 Å². The molecule has 1 heterocycles. The molecule has 0 aliphatic rings. The van der Waals surface area contributed by atoms with Crippen LogP contribution in [-0.2, 0) is 17.8 Å². The minimum Gasteiger partial charge on any atom is -0.493 e. The lowest BCUT2D eigenvalue weighted by atomic mass is 10.1. The monoisotopic (exact) mass is 432 g/mol. The number of rotatable bonds is 8. The number of nitrogens with zero attached hydrogens (tertiary/aromatic N) is 1. The first-order valence-electron chi connectivity index (χ1n) is 8.82. The third kappa shape index (κ3) is 5.62. The number of benzene rings is 2. The zero-order valence-corrected chi connectivity index (χ0v) is 17.9. The number of halogens is 1. The Kier molecular flexibility index (Phi) is 6.95. The summed E-state index contributed by atoms with van der Waals surface area (Å²) in [5, 5.41) is 6.22. The highest BCUT2D eigenvalue weighted by Crippen LogP contribution is 2.33. The van der Waals surface area contributed by atoms with E-state index in [1.54, 1.807) is 44.6 Å². The number of hydrogen-bond donors (Lipinski definition) is 1. The van der Waals surface area contributed by atoms with Crippen molar-refractivity contribution in [3.05, 3.63) is 63.1 Å². The number of ether oxygens (including phenoxy) is 3. The van der Waals surface area contributed by atoms with E-state index in [1.807, 2.05) is 18.4 Å². The Balaban J connectivity index is 1.58. The van der Waals surface area contributed by atoms with Crippen LogP contribution < -0.4 is 19.5 Å². The molecule has 1 aromatic heterocycles. The normalized spacial score (nSPS) is 10.5. The smallest absolute Gasteiger partial charge is 0.230 e. The largest absolute Gasteiger partial charge is 0.493 e. The van der Waals surface area contributed by atoms with Crippen LogP contribution in [0, 0.1) is 6.92 Å². The van der Waals surface area contributed by atoms with Gasteiger partial charge >= 0.3 is 0 Å². The van der Waals surface area contributed by atoms with Gasteiger partial charge in [-0.25, -0.2) is 4.98 Å². The van der Waals surface area contributed by atoms with Crippen LogP contribution in [0.4, 0.5) is 5.69 Å². The maximum Gasteiger partial charge on any atom is 0.230 e. The molecule has 3 aromatic rings. The van der Waals surface area contributed by atoms with E-state index < -0.39 is 0 Å². The molecule has 0 saturated carbocycles. The molecule has 3 rings (SSSR count). The zero-order chi connectivity index (χ0) is 20.8. The average molecular weight is 433 g/mol. The number of carbonyl (C=O) groups excluding carboxylic acids is 1. The first kappa shape index (κ1) is 21.0. The van der Waals surface area contributed by atoms with Crippen molar-refractivity contribution in [1.29, 1.82) is 0 Å². The maximum atomic E-state index is 12.4. The molecule has 0 aliphatic heterocycles. The first-order valence-corrected chi connectivity index (χ1v) is 10.1. The standard InChI is InChI=1S/C21H21ClN2O4S/c1-13-8-18(26-2)19(27-3)10-17(13)24-20(25)9-15-12-29-21(23-15)11-28-16-6-4-14(22)5-7-16/h4-8,10,12H,9,11H2,1-3H3,(H,24,25). The van der Waals surface area contributed by atoms with Gasteiger partial charge in [0.2, 0.25) is 5.91 Å². The van der Waals surface area contributed by atoms with E-state index in [-0.39, 0.29) is 12.3 Å². The molecule has 0 unspecified atom stereocenters. The predicted molar refractivity (Wildman–Crippen MR) is 115 cm³/mol. The summed E-state index contributed by atoms with van der Waals surface area (Å²) in [5.41, 5.74) is 2.25. The lowest BCUT2D eigenvalue weighted by Crippen LogP contribution is -2.15. The first-order chi connectivity index (χ1) is 14.0. The third-order valence-electron chi connectivity index (χ3n) is 4.12. The van der Waals surface area contributed by atoms with Gasteiger partial charge in [-0.15, -0.1) is 11.3 Å². The quantitative estimate of drug-likeness (QED) is 0.549. The molecule has 0 fully saturated rings. The summed E-state index contributed by atoms with van der Waals surface area (Å²) in [4.78, 5) is 16.9. The molecule has 8 heteroatoms. The van der Waals surface area contributed by atoms with Gasteiger partial charge in [-0.1, -0.05) is 11.6 Å². The topological polar surface area (TPSA) is 69.7 Å². The molecule has 0 saturated heterocycles. The number of thiazole rings is 1. The summed E-state index contributed by atoms with van der Waals surface area (Å²) in [6.07, 6.45) is 0.172. The lowest BCUT2D eigenvalue weighted by molar-refractivity contribution is -0.115. The van der Waals surface area contributed by atoms with Crippen molar-refractivity contribution in [3.8, 4) is 17.2 Å². The SMILES string of the molecule is COc1cc(C)c(NC(=O)Cc2csc(COc3ccc(Cl)cc3)n2)cc1OC. The van der Waals surface area contributed by atoms with E-state index in [1.165, 1.54) is 11.3 Å². The molecule has 2 aromatic carbocycles. The Hall–Kier alpha value is -2.77. The third-order valence-corrected chi connectivity index (χ3v) is 5.24. The van der Waals surface area contributed by atoms with Gasteiger partial charge < -0.3 is 19.5 Å². The number of hydrogen-bond acceptors (Lipinski definition) is 6. The Morgan fingerprint density at radius 1 is 1.14 bits per heavy atom. The lowest BCUT2D eigenvalue weighted by Gasteiger charge is -2.13. The number of methoxy groups -OCH3 is 2. The molecule has 29 heavy (non-hydrogen) atoms. The van der Waals surface area contributed by atoms with Crippen molar-refractivity contribution >= 4 is 34.5 Å². The van der Waals surface area contributed by atoms with Crippen molar-refractivity contribution in [3.63, 3.8) is 0 Å². The molecule has 6 nitrogen and oxygen atoms in total. The molecule has 1 amide bonds. The van der Waals surface area contributed by atoms with Crippen molar-refractivity contribution in [2.45, 2.75) is 20.0 Å². The Bertz CT molecular complexity index is 989. The molecule has 0 bridgehead atoms. The summed E-state index contributed by atoms with van der Waals surface area (Å²) in [7, 11) is 3.13. The van der Waals surface area contributed by atoms with Crippen molar-refractivity contribution in [2.75, 3.05) is 19.5 Å². The number of carbonyl (C=O) groups is 1. The Labute approximate surface area is 178 Å². The number of aromatic nitrogens is 1. The highest BCUT2D eigenvalue weighted by Gasteiger charge is 2.13. The summed E-state index contributed by atoms with van der Waals surface area (Å²) in [6, 6.07) is 10.7. The number of aryl methyl sites for hydroxylation is 1. The second-order valence-corrected chi connectivity index (χ2v) is 7.60. The van der Waals surface area contributed by atoms with Gasteiger partial charge in [0.1, 0.15) is 17.4 Å². The number of anilines is 1. The van der Waals surface area contributed by atoms with E-state index >= 15 is 0 Å². The fourth-order valence-corrected chi connectivity index (χ4v) is 3.48. The highest BCUT2D eigenvalue weighted by molar-refractivity contribution is 7.09. The van der Waals surface area contributed by atoms with E-state index in [0.29, 0.717) is 40.3 Å². The van der Waals surface area contributed by atoms with Crippen molar-refractivity contribution in [2.24, 2.45) is 0 Å². The summed E-state index contributed by atoms with van der Waals surface area (Å²) >= 11 is 7.32. The Morgan fingerprint density at radius 3 is 2.52 bits per heavy atom. The maximum absolute atomic E-state index is 12.4. The average Bonchev–Trinajstić information content (AvgIpc) is 3.15. The second kappa shape index (κ2) is 9.62. The summed E-state index contributed by atoms with van der Waals surface area (Å²) in [6.45, 7) is 2.23. The van der Waals surface area contributed by atoms with Crippen molar-refractivity contribution in [1.82, 2.24) is 4.98 Å². The van der Waals surface area contributed by atoms with Crippen LogP contribution in [0.25, 0.3) is 0 Å². The van der Waals surface area contributed by atoms with E-state index in [4.69, 9.17) is 25.8 Å². The van der Waals surface area contributed by atoms with Crippen LogP contribution in [0.15, 0.2) is 41.8 Å². The van der Waals surface area contributed by atoms with Gasteiger partial charge in [0.25, 0.3) is 0 Å². The molecule has 152 valence electrons. The van der Waals surface area contributed by atoms with Crippen LogP contribution in [0.1, 0.15) is 16.3 Å². The summed E-state index contributed by atoms with van der Waals surface area (Å²) < 4.78 is 16.3. The van der Waals surface area contributed by atoms with Crippen LogP contribution in [0.5, 0.6) is 17.2 Å². The fraction of sp³-hybridized carbons (Fsp3) is 0.238. The minimum absolute atomic E-state index is 0.157. The van der Waals surface area contributed by atoms with E-state index in [9.17, 15) is 4.79 Å². The van der Waals surface area contributed by atoms with Gasteiger partial charge in [0.05, 0.1) is 26.3 Å². The van der Waals surface area contributed by atoms with Gasteiger partial charge in [-0.2, -0.15) is 0 Å². The number of nitrogens with one attached hydrogen (secondary N) is 1. The fourth-order valence-electron chi connectivity index (χ4n) is 2.65. The van der Waals surface area contributed by atoms with Crippen LogP contribution in [-0.4, -0.2) is 25.1 Å². The van der Waals surface area contributed by atoms with Crippen LogP contribution in [0.3, 0.4) is 0 Å². The molecular weight excluding hydrogens is 412 g/mol. The molecule has 0 atom stereocenters. The van der Waals surface area contributed by atoms with Gasteiger partial charge in [0, 0.05) is 22.2 Å². The molecule has 0 spiro atoms. The zero-order valence-electron chi connectivity index (χ0n) is 16.3. The van der Waals surface area contributed by atoms with Gasteiger partial charge in [-0.05, 0) is 42.8 Å². The highest BCUT2D eigenvalue weighted by atomic mass is 35.5. The molecular formula is C21H21ClN2O4S. The minimum atomic E-state index is -0.157. The van der Waals surface area contributed by atoms with Gasteiger partial charge in [-0.3, -0.25) is 4.79 Å². The van der Waals surface area contributed by atoms with Gasteiger partial charge in [0.15, 0.2) is 11.5 Å². The van der Waals surface area contributed by atoms with Crippen LogP contribution >= 0.6 is 22.9 Å². The Morgan fingerprint density at radius 2 is 1.83 bits per heavy atom. The predicted octanol–water partition coefficient (Wildman–Crippen LogP) is 4.88. The van der Waals surface area contributed by atoms with E-state index in [2.05, 4.69) is 10.3 Å². The number of amides is 1. The molecule has 0 aliphatic carbocycles.